The van der Waals surface area contributed by atoms with Gasteiger partial charge >= 0.3 is 0 Å². The van der Waals surface area contributed by atoms with E-state index >= 15 is 0 Å². The molecule has 0 amide bonds. The van der Waals surface area contributed by atoms with Crippen LogP contribution in [0.4, 0.5) is 8.78 Å². The standard InChI is InChI=1S/C17H15ClF2N2O/c18-16-2-1-9(5-22-16)10-3-14(19)17(15(20)4-10)23-8-13-11-6-21-7-12(11)13/h1-5,11-13,21H,6-8H2/t11-,12?,13?/m1/s1. The molecule has 1 N–H and O–H groups in total. The zero-order valence-corrected chi connectivity index (χ0v) is 13.0. The Morgan fingerprint density at radius 1 is 1.13 bits per heavy atom. The van der Waals surface area contributed by atoms with Crippen molar-refractivity contribution in [3.8, 4) is 16.9 Å². The molecular weight excluding hydrogens is 322 g/mol. The lowest BCUT2D eigenvalue weighted by Gasteiger charge is -2.11. The molecule has 4 rings (SSSR count). The predicted octanol–water partition coefficient (Wildman–Crippen LogP) is 3.52. The van der Waals surface area contributed by atoms with E-state index in [1.54, 1.807) is 12.1 Å². The van der Waals surface area contributed by atoms with Crippen molar-refractivity contribution >= 4 is 11.6 Å². The van der Waals surface area contributed by atoms with E-state index in [0.29, 0.717) is 40.6 Å². The maximum atomic E-state index is 14.2. The summed E-state index contributed by atoms with van der Waals surface area (Å²) in [6.07, 6.45) is 1.48. The fourth-order valence-electron chi connectivity index (χ4n) is 3.38. The van der Waals surface area contributed by atoms with Crippen molar-refractivity contribution in [2.24, 2.45) is 17.8 Å². The largest absolute Gasteiger partial charge is 0.487 e. The Labute approximate surface area is 137 Å². The van der Waals surface area contributed by atoms with Gasteiger partial charge in [0.05, 0.1) is 6.61 Å². The molecule has 3 atom stereocenters. The summed E-state index contributed by atoms with van der Waals surface area (Å²) in [6, 6.07) is 5.77. The molecule has 0 bridgehead atoms. The third-order valence-electron chi connectivity index (χ3n) is 4.75. The van der Waals surface area contributed by atoms with E-state index in [-0.39, 0.29) is 5.75 Å². The minimum absolute atomic E-state index is 0.298. The topological polar surface area (TPSA) is 34.1 Å². The lowest BCUT2D eigenvalue weighted by Crippen LogP contribution is -2.18. The summed E-state index contributed by atoms with van der Waals surface area (Å²) in [4.78, 5) is 3.92. The van der Waals surface area contributed by atoms with E-state index in [2.05, 4.69) is 10.3 Å². The highest BCUT2D eigenvalue weighted by Crippen LogP contribution is 2.48. The molecule has 0 radical (unpaired) electrons. The normalized spacial score (nSPS) is 25.3. The van der Waals surface area contributed by atoms with Gasteiger partial charge in [-0.15, -0.1) is 0 Å². The Balaban J connectivity index is 1.51. The molecule has 1 saturated carbocycles. The molecule has 3 nitrogen and oxygen atoms in total. The Bertz CT molecular complexity index is 705. The molecule has 23 heavy (non-hydrogen) atoms. The van der Waals surface area contributed by atoms with Crippen LogP contribution in [0.15, 0.2) is 30.5 Å². The zero-order valence-electron chi connectivity index (χ0n) is 12.2. The smallest absolute Gasteiger partial charge is 0.190 e. The predicted molar refractivity (Wildman–Crippen MR) is 83.4 cm³/mol. The number of nitrogens with zero attached hydrogens (tertiary/aromatic N) is 1. The third-order valence-corrected chi connectivity index (χ3v) is 4.97. The van der Waals surface area contributed by atoms with Gasteiger partial charge in [-0.05, 0) is 54.8 Å². The molecule has 1 aromatic heterocycles. The number of hydrogen-bond donors (Lipinski definition) is 1. The first-order chi connectivity index (χ1) is 11.1. The van der Waals surface area contributed by atoms with E-state index in [0.717, 1.165) is 13.1 Å². The van der Waals surface area contributed by atoms with Crippen LogP contribution in [-0.4, -0.2) is 24.7 Å². The number of pyridine rings is 1. The van der Waals surface area contributed by atoms with Crippen molar-refractivity contribution < 1.29 is 13.5 Å². The van der Waals surface area contributed by atoms with Crippen molar-refractivity contribution in [3.05, 3.63) is 47.2 Å². The van der Waals surface area contributed by atoms with E-state index in [4.69, 9.17) is 16.3 Å². The van der Waals surface area contributed by atoms with Gasteiger partial charge in [-0.1, -0.05) is 11.6 Å². The van der Waals surface area contributed by atoms with Gasteiger partial charge in [-0.25, -0.2) is 13.8 Å². The molecule has 120 valence electrons. The van der Waals surface area contributed by atoms with Crippen molar-refractivity contribution in [1.29, 1.82) is 0 Å². The number of benzene rings is 1. The minimum atomic E-state index is -0.695. The highest BCUT2D eigenvalue weighted by molar-refractivity contribution is 6.29. The summed E-state index contributed by atoms with van der Waals surface area (Å²) in [6.45, 7) is 2.32. The van der Waals surface area contributed by atoms with Crippen LogP contribution in [0, 0.1) is 29.4 Å². The van der Waals surface area contributed by atoms with Crippen molar-refractivity contribution in [2.75, 3.05) is 19.7 Å². The van der Waals surface area contributed by atoms with E-state index in [1.807, 2.05) is 0 Å². The van der Waals surface area contributed by atoms with Crippen molar-refractivity contribution in [3.63, 3.8) is 0 Å². The maximum absolute atomic E-state index is 14.2. The van der Waals surface area contributed by atoms with Gasteiger partial charge in [0.1, 0.15) is 5.15 Å². The molecule has 1 aliphatic heterocycles. The van der Waals surface area contributed by atoms with Crippen LogP contribution in [0.3, 0.4) is 0 Å². The molecule has 2 fully saturated rings. The second kappa shape index (κ2) is 5.73. The van der Waals surface area contributed by atoms with Crippen LogP contribution in [0.5, 0.6) is 5.75 Å². The number of piperidine rings is 1. The molecule has 2 unspecified atom stereocenters. The van der Waals surface area contributed by atoms with Crippen molar-refractivity contribution in [1.82, 2.24) is 10.3 Å². The average Bonchev–Trinajstić information content (AvgIpc) is 2.96. The number of rotatable bonds is 4. The van der Waals surface area contributed by atoms with E-state index < -0.39 is 11.6 Å². The molecule has 1 saturated heterocycles. The third kappa shape index (κ3) is 2.79. The van der Waals surface area contributed by atoms with Crippen LogP contribution in [0.2, 0.25) is 5.15 Å². The summed E-state index contributed by atoms with van der Waals surface area (Å²) in [5.74, 6) is -0.0809. The number of nitrogens with one attached hydrogen (secondary N) is 1. The molecule has 2 aromatic rings. The average molecular weight is 337 g/mol. The quantitative estimate of drug-likeness (QED) is 0.867. The SMILES string of the molecule is Fc1cc(-c2ccc(Cl)nc2)cc(F)c1OCC1C2CNC[C@H]21. The number of halogens is 3. The van der Waals surface area contributed by atoms with Gasteiger partial charge in [0.2, 0.25) is 0 Å². The number of ether oxygens (including phenoxy) is 1. The highest BCUT2D eigenvalue weighted by Gasteiger charge is 2.53. The van der Waals surface area contributed by atoms with Crippen LogP contribution in [0.25, 0.3) is 11.1 Å². The van der Waals surface area contributed by atoms with Crippen LogP contribution in [-0.2, 0) is 0 Å². The first-order valence-electron chi connectivity index (χ1n) is 7.58. The summed E-state index contributed by atoms with van der Waals surface area (Å²) in [5, 5.41) is 3.62. The molecular formula is C17H15ClF2N2O. The summed E-state index contributed by atoms with van der Waals surface area (Å²) in [5.41, 5.74) is 1.01. The zero-order chi connectivity index (χ0) is 16.0. The molecule has 0 spiro atoms. The fourth-order valence-corrected chi connectivity index (χ4v) is 3.50. The van der Waals surface area contributed by atoms with Crippen LogP contribution >= 0.6 is 11.6 Å². The van der Waals surface area contributed by atoms with Gasteiger partial charge in [0.25, 0.3) is 0 Å². The van der Waals surface area contributed by atoms with Crippen LogP contribution in [0.1, 0.15) is 0 Å². The van der Waals surface area contributed by atoms with E-state index in [9.17, 15) is 8.78 Å². The first kappa shape index (κ1) is 14.8. The number of aromatic nitrogens is 1. The van der Waals surface area contributed by atoms with Gasteiger partial charge < -0.3 is 10.1 Å². The molecule has 6 heteroatoms. The van der Waals surface area contributed by atoms with Gasteiger partial charge in [0.15, 0.2) is 17.4 Å². The molecule has 1 aromatic carbocycles. The van der Waals surface area contributed by atoms with Gasteiger partial charge in [-0.3, -0.25) is 0 Å². The van der Waals surface area contributed by atoms with Crippen LogP contribution < -0.4 is 10.1 Å². The second-order valence-corrected chi connectivity index (χ2v) is 6.49. The summed E-state index contributed by atoms with van der Waals surface area (Å²) >= 11 is 5.72. The molecule has 2 aliphatic rings. The maximum Gasteiger partial charge on any atom is 0.190 e. The lowest BCUT2D eigenvalue weighted by molar-refractivity contribution is 0.255. The minimum Gasteiger partial charge on any atom is -0.487 e. The number of fused-ring (bicyclic) bond motifs is 1. The highest BCUT2D eigenvalue weighted by atomic mass is 35.5. The first-order valence-corrected chi connectivity index (χ1v) is 7.96. The Morgan fingerprint density at radius 2 is 1.83 bits per heavy atom. The Hall–Kier alpha value is -1.72. The van der Waals surface area contributed by atoms with E-state index in [1.165, 1.54) is 18.3 Å². The van der Waals surface area contributed by atoms with Gasteiger partial charge in [0, 0.05) is 17.7 Å². The molecule has 2 heterocycles. The number of hydrogen-bond acceptors (Lipinski definition) is 3. The van der Waals surface area contributed by atoms with Crippen molar-refractivity contribution in [2.45, 2.75) is 0 Å². The summed E-state index contributed by atoms with van der Waals surface area (Å²) < 4.78 is 33.8. The lowest BCUT2D eigenvalue weighted by atomic mass is 10.1. The van der Waals surface area contributed by atoms with Gasteiger partial charge in [-0.2, -0.15) is 0 Å². The summed E-state index contributed by atoms with van der Waals surface area (Å²) in [7, 11) is 0. The fraction of sp³-hybridized carbons (Fsp3) is 0.353. The second-order valence-electron chi connectivity index (χ2n) is 6.10. The Kier molecular flexibility index (Phi) is 3.70. The molecule has 1 aliphatic carbocycles. The Morgan fingerprint density at radius 3 is 2.43 bits per heavy atom. The monoisotopic (exact) mass is 336 g/mol.